The van der Waals surface area contributed by atoms with Crippen LogP contribution in [0.1, 0.15) is 59.8 Å². The lowest BCUT2D eigenvalue weighted by Gasteiger charge is -2.35. The van der Waals surface area contributed by atoms with Gasteiger partial charge in [0.2, 0.25) is 0 Å². The average molecular weight is 328 g/mol. The van der Waals surface area contributed by atoms with E-state index in [0.29, 0.717) is 19.7 Å². The highest BCUT2D eigenvalue weighted by molar-refractivity contribution is 5.71. The number of nitrogens with one attached hydrogen (secondary N) is 1. The Morgan fingerprint density at radius 3 is 2.65 bits per heavy atom. The summed E-state index contributed by atoms with van der Waals surface area (Å²) in [6, 6.07) is 0.162. The average Bonchev–Trinajstić information content (AvgIpc) is 2.45. The minimum absolute atomic E-state index is 0.162. The van der Waals surface area contributed by atoms with E-state index < -0.39 is 11.7 Å². The zero-order valence-corrected chi connectivity index (χ0v) is 15.0. The molecule has 6 heteroatoms. The van der Waals surface area contributed by atoms with Gasteiger partial charge in [-0.1, -0.05) is 19.8 Å². The van der Waals surface area contributed by atoms with Gasteiger partial charge in [0.25, 0.3) is 0 Å². The van der Waals surface area contributed by atoms with Gasteiger partial charge in [-0.05, 0) is 46.6 Å². The zero-order chi connectivity index (χ0) is 17.3. The Kier molecular flexibility index (Phi) is 8.37. The van der Waals surface area contributed by atoms with E-state index in [1.807, 2.05) is 20.8 Å². The van der Waals surface area contributed by atoms with Crippen LogP contribution in [0, 0.1) is 0 Å². The lowest BCUT2D eigenvalue weighted by molar-refractivity contribution is -0.146. The first-order valence-corrected chi connectivity index (χ1v) is 8.68. The van der Waals surface area contributed by atoms with Gasteiger partial charge in [-0.15, -0.1) is 0 Å². The molecule has 0 bridgehead atoms. The number of alkyl carbamates (subject to hydrolysis) is 1. The molecule has 1 rings (SSSR count). The number of nitrogens with zero attached hydrogens (tertiary/aromatic N) is 1. The van der Waals surface area contributed by atoms with E-state index in [9.17, 15) is 9.59 Å². The summed E-state index contributed by atoms with van der Waals surface area (Å²) in [5.41, 5.74) is -0.501. The van der Waals surface area contributed by atoms with Crippen LogP contribution < -0.4 is 5.32 Å². The maximum absolute atomic E-state index is 11.9. The summed E-state index contributed by atoms with van der Waals surface area (Å²) < 4.78 is 10.5. The second-order valence-electron chi connectivity index (χ2n) is 7.08. The largest absolute Gasteiger partial charge is 0.465 e. The Labute approximate surface area is 139 Å². The third-order valence-corrected chi connectivity index (χ3v) is 3.72. The number of ether oxygens (including phenoxy) is 2. The molecule has 0 aromatic carbocycles. The summed E-state index contributed by atoms with van der Waals surface area (Å²) >= 11 is 0. The molecule has 1 atom stereocenters. The number of amides is 1. The summed E-state index contributed by atoms with van der Waals surface area (Å²) in [4.78, 5) is 25.7. The fourth-order valence-electron chi connectivity index (χ4n) is 2.56. The molecule has 1 saturated heterocycles. The maximum Gasteiger partial charge on any atom is 0.407 e. The maximum atomic E-state index is 11.9. The van der Waals surface area contributed by atoms with E-state index >= 15 is 0 Å². The van der Waals surface area contributed by atoms with Gasteiger partial charge in [0.1, 0.15) is 5.60 Å². The minimum Gasteiger partial charge on any atom is -0.465 e. The molecule has 1 fully saturated rings. The molecule has 1 heterocycles. The van der Waals surface area contributed by atoms with Gasteiger partial charge in [-0.25, -0.2) is 4.79 Å². The van der Waals surface area contributed by atoms with E-state index in [1.165, 1.54) is 0 Å². The molecule has 0 spiro atoms. The third kappa shape index (κ3) is 8.79. The second kappa shape index (κ2) is 9.75. The molecule has 0 radical (unpaired) electrons. The van der Waals surface area contributed by atoms with Crippen molar-refractivity contribution in [2.75, 3.05) is 26.2 Å². The summed E-state index contributed by atoms with van der Waals surface area (Å²) in [5, 5.41) is 2.81. The Morgan fingerprint density at radius 2 is 2.00 bits per heavy atom. The van der Waals surface area contributed by atoms with Crippen LogP contribution >= 0.6 is 0 Å². The fraction of sp³-hybridized carbons (Fsp3) is 0.882. The molecule has 134 valence electrons. The quantitative estimate of drug-likeness (QED) is 0.575. The molecule has 23 heavy (non-hydrogen) atoms. The van der Waals surface area contributed by atoms with Crippen molar-refractivity contribution in [2.24, 2.45) is 0 Å². The van der Waals surface area contributed by atoms with Crippen molar-refractivity contribution >= 4 is 12.1 Å². The van der Waals surface area contributed by atoms with Gasteiger partial charge in [0.15, 0.2) is 0 Å². The van der Waals surface area contributed by atoms with E-state index in [0.717, 1.165) is 38.6 Å². The Morgan fingerprint density at radius 1 is 1.26 bits per heavy atom. The van der Waals surface area contributed by atoms with Gasteiger partial charge in [-0.2, -0.15) is 0 Å². The smallest absolute Gasteiger partial charge is 0.407 e. The Balaban J connectivity index is 2.39. The Bertz CT molecular complexity index is 379. The van der Waals surface area contributed by atoms with Crippen molar-refractivity contribution in [3.05, 3.63) is 0 Å². The van der Waals surface area contributed by atoms with Gasteiger partial charge in [0, 0.05) is 12.6 Å². The molecule has 1 N–H and O–H groups in total. The van der Waals surface area contributed by atoms with Crippen molar-refractivity contribution in [2.45, 2.75) is 71.4 Å². The standard InChI is InChI=1S/C17H32N2O4/c1-5-6-11-22-15(20)13-19-10-8-7-9-14(19)12-18-16(21)23-17(2,3)4/h14H,5-13H2,1-4H3,(H,18,21). The molecule has 0 aliphatic carbocycles. The number of unbranched alkanes of at least 4 members (excludes halogenated alkanes) is 1. The lowest BCUT2D eigenvalue weighted by Crippen LogP contribution is -2.49. The normalized spacial score (nSPS) is 19.2. The summed E-state index contributed by atoms with van der Waals surface area (Å²) in [5.74, 6) is -0.178. The number of hydrogen-bond donors (Lipinski definition) is 1. The first-order chi connectivity index (χ1) is 10.8. The van der Waals surface area contributed by atoms with Crippen molar-refractivity contribution in [1.29, 1.82) is 0 Å². The molecule has 1 aliphatic rings. The molecule has 0 aromatic heterocycles. The van der Waals surface area contributed by atoms with E-state index in [-0.39, 0.29) is 12.0 Å². The van der Waals surface area contributed by atoms with E-state index in [4.69, 9.17) is 9.47 Å². The van der Waals surface area contributed by atoms with Crippen LogP contribution in [0.4, 0.5) is 4.79 Å². The first-order valence-electron chi connectivity index (χ1n) is 8.68. The molecular formula is C17H32N2O4. The topological polar surface area (TPSA) is 67.9 Å². The van der Waals surface area contributed by atoms with Crippen molar-refractivity contribution in [3.8, 4) is 0 Å². The predicted octanol–water partition coefficient (Wildman–Crippen LogP) is 2.71. The number of likely N-dealkylation sites (tertiary alicyclic amines) is 1. The van der Waals surface area contributed by atoms with Crippen LogP contribution in [0.2, 0.25) is 0 Å². The van der Waals surface area contributed by atoms with E-state index in [1.54, 1.807) is 0 Å². The van der Waals surface area contributed by atoms with Crippen LogP contribution in [-0.2, 0) is 14.3 Å². The number of esters is 1. The number of rotatable bonds is 7. The highest BCUT2D eigenvalue weighted by Crippen LogP contribution is 2.16. The van der Waals surface area contributed by atoms with Crippen LogP contribution in [-0.4, -0.2) is 54.8 Å². The van der Waals surface area contributed by atoms with Gasteiger partial charge in [-0.3, -0.25) is 9.69 Å². The second-order valence-corrected chi connectivity index (χ2v) is 7.08. The number of piperidine rings is 1. The van der Waals surface area contributed by atoms with Gasteiger partial charge >= 0.3 is 12.1 Å². The fourth-order valence-corrected chi connectivity index (χ4v) is 2.56. The summed E-state index contributed by atoms with van der Waals surface area (Å²) in [7, 11) is 0. The molecule has 0 aromatic rings. The van der Waals surface area contributed by atoms with Gasteiger partial charge in [0.05, 0.1) is 13.2 Å². The zero-order valence-electron chi connectivity index (χ0n) is 15.0. The predicted molar refractivity (Wildman–Crippen MR) is 89.3 cm³/mol. The van der Waals surface area contributed by atoms with Crippen molar-refractivity contribution in [1.82, 2.24) is 10.2 Å². The van der Waals surface area contributed by atoms with Crippen LogP contribution in [0.25, 0.3) is 0 Å². The number of carbonyl (C=O) groups is 2. The van der Waals surface area contributed by atoms with Gasteiger partial charge < -0.3 is 14.8 Å². The molecule has 1 unspecified atom stereocenters. The number of hydrogen-bond acceptors (Lipinski definition) is 5. The highest BCUT2D eigenvalue weighted by atomic mass is 16.6. The SMILES string of the molecule is CCCCOC(=O)CN1CCCCC1CNC(=O)OC(C)(C)C. The molecular weight excluding hydrogens is 296 g/mol. The molecule has 0 saturated carbocycles. The summed E-state index contributed by atoms with van der Waals surface area (Å²) in [6.45, 7) is 9.73. The van der Waals surface area contributed by atoms with Crippen LogP contribution in [0.15, 0.2) is 0 Å². The highest BCUT2D eigenvalue weighted by Gasteiger charge is 2.26. The summed E-state index contributed by atoms with van der Waals surface area (Å²) in [6.07, 6.45) is 4.66. The van der Waals surface area contributed by atoms with Crippen molar-refractivity contribution in [3.63, 3.8) is 0 Å². The first kappa shape index (κ1) is 19.7. The minimum atomic E-state index is -0.501. The van der Waals surface area contributed by atoms with Crippen LogP contribution in [0.3, 0.4) is 0 Å². The van der Waals surface area contributed by atoms with Crippen molar-refractivity contribution < 1.29 is 19.1 Å². The lowest BCUT2D eigenvalue weighted by atomic mass is 10.0. The number of carbonyl (C=O) groups excluding carboxylic acids is 2. The molecule has 1 aliphatic heterocycles. The van der Waals surface area contributed by atoms with Crippen LogP contribution in [0.5, 0.6) is 0 Å². The van der Waals surface area contributed by atoms with E-state index in [2.05, 4.69) is 17.1 Å². The Hall–Kier alpha value is -1.30. The molecule has 1 amide bonds. The third-order valence-electron chi connectivity index (χ3n) is 3.72. The molecule has 6 nitrogen and oxygen atoms in total. The monoisotopic (exact) mass is 328 g/mol.